The van der Waals surface area contributed by atoms with Crippen LogP contribution in [0.5, 0.6) is 0 Å². The average molecular weight is 411 g/mol. The van der Waals surface area contributed by atoms with E-state index in [0.717, 1.165) is 34.4 Å². The van der Waals surface area contributed by atoms with Crippen LogP contribution in [0.3, 0.4) is 0 Å². The second-order valence-corrected chi connectivity index (χ2v) is 7.39. The minimum Gasteiger partial charge on any atom is -0.461 e. The molecule has 0 fully saturated rings. The fourth-order valence-corrected chi connectivity index (χ4v) is 3.93. The predicted octanol–water partition coefficient (Wildman–Crippen LogP) is 5.64. The van der Waals surface area contributed by atoms with Crippen LogP contribution in [-0.2, 0) is 11.2 Å². The third kappa shape index (κ3) is 3.70. The van der Waals surface area contributed by atoms with Gasteiger partial charge in [-0.25, -0.2) is 13.9 Å². The van der Waals surface area contributed by atoms with E-state index in [-0.39, 0.29) is 12.4 Å². The Bertz CT molecular complexity index is 1120. The molecule has 0 amide bonds. The highest BCUT2D eigenvalue weighted by Gasteiger charge is 2.31. The topological polar surface area (TPSA) is 44.1 Å². The van der Waals surface area contributed by atoms with Gasteiger partial charge in [0.2, 0.25) is 0 Å². The number of carbonyl (C=O) groups excluding carboxylic acids is 1. The molecule has 0 radical (unpaired) electrons. The van der Waals surface area contributed by atoms with Gasteiger partial charge >= 0.3 is 5.97 Å². The normalized spacial score (nSPS) is 14.3. The van der Waals surface area contributed by atoms with Crippen molar-refractivity contribution < 1.29 is 13.9 Å². The Labute approximate surface area is 173 Å². The van der Waals surface area contributed by atoms with Gasteiger partial charge in [0.05, 0.1) is 23.0 Å². The molecule has 148 valence electrons. The molecule has 0 saturated carbocycles. The molecular formula is C23H20ClFN2O2. The maximum atomic E-state index is 13.3. The molecule has 6 heteroatoms. The molecule has 29 heavy (non-hydrogen) atoms. The summed E-state index contributed by atoms with van der Waals surface area (Å²) in [4.78, 5) is 12.5. The quantitative estimate of drug-likeness (QED) is 0.523. The first-order valence-corrected chi connectivity index (χ1v) is 9.87. The van der Waals surface area contributed by atoms with Crippen LogP contribution >= 0.6 is 11.6 Å². The summed E-state index contributed by atoms with van der Waals surface area (Å²) < 4.78 is 20.2. The molecule has 0 N–H and O–H groups in total. The number of esters is 1. The van der Waals surface area contributed by atoms with Crippen molar-refractivity contribution in [1.82, 2.24) is 9.78 Å². The molecule has 2 aromatic carbocycles. The van der Waals surface area contributed by atoms with E-state index in [9.17, 15) is 9.18 Å². The van der Waals surface area contributed by atoms with Gasteiger partial charge in [-0.15, -0.1) is 0 Å². The van der Waals surface area contributed by atoms with E-state index in [1.54, 1.807) is 23.7 Å². The first-order chi connectivity index (χ1) is 14.0. The molecule has 4 rings (SSSR count). The van der Waals surface area contributed by atoms with E-state index in [1.807, 2.05) is 31.2 Å². The molecule has 0 atom stereocenters. The lowest BCUT2D eigenvalue weighted by molar-refractivity contribution is 0.0517. The van der Waals surface area contributed by atoms with Gasteiger partial charge in [0, 0.05) is 5.56 Å². The van der Waals surface area contributed by atoms with Gasteiger partial charge in [0.1, 0.15) is 5.82 Å². The van der Waals surface area contributed by atoms with Gasteiger partial charge in [-0.05, 0) is 73.7 Å². The predicted molar refractivity (Wildman–Crippen MR) is 112 cm³/mol. The van der Waals surface area contributed by atoms with Gasteiger partial charge in [-0.1, -0.05) is 29.8 Å². The maximum Gasteiger partial charge on any atom is 0.359 e. The number of halogens is 2. The van der Waals surface area contributed by atoms with Crippen LogP contribution in [0.4, 0.5) is 4.39 Å². The van der Waals surface area contributed by atoms with E-state index in [2.05, 4.69) is 5.10 Å². The highest BCUT2D eigenvalue weighted by Crippen LogP contribution is 2.38. The van der Waals surface area contributed by atoms with Crippen molar-refractivity contribution in [2.45, 2.75) is 26.7 Å². The second-order valence-electron chi connectivity index (χ2n) is 6.98. The number of fused-ring (bicyclic) bond motifs is 1. The lowest BCUT2D eigenvalue weighted by atomic mass is 10.1. The van der Waals surface area contributed by atoms with Crippen LogP contribution in [0.1, 0.15) is 46.2 Å². The SMILES string of the molecule is CCOC(=O)c1nn(-c2ccc(C)cc2Cl)c2c1CC/C2=C\c1ccc(F)cc1. The largest absolute Gasteiger partial charge is 0.461 e. The summed E-state index contributed by atoms with van der Waals surface area (Å²) in [5, 5.41) is 5.13. The third-order valence-corrected chi connectivity index (χ3v) is 5.25. The smallest absolute Gasteiger partial charge is 0.359 e. The zero-order valence-electron chi connectivity index (χ0n) is 16.2. The molecule has 1 heterocycles. The monoisotopic (exact) mass is 410 g/mol. The van der Waals surface area contributed by atoms with Crippen molar-refractivity contribution in [2.24, 2.45) is 0 Å². The average Bonchev–Trinajstić information content (AvgIpc) is 3.25. The summed E-state index contributed by atoms with van der Waals surface area (Å²) in [6.07, 6.45) is 3.43. The number of ether oxygens (including phenoxy) is 1. The van der Waals surface area contributed by atoms with Crippen LogP contribution in [0, 0.1) is 12.7 Å². The standard InChI is InChI=1S/C23H20ClFN2O2/c1-3-29-23(28)21-18-10-7-16(13-15-5-8-17(25)9-6-15)22(18)27(26-21)20-11-4-14(2)12-19(20)24/h4-6,8-9,11-13H,3,7,10H2,1-2H3/b16-13+. The Kier molecular flexibility index (Phi) is 5.24. The number of rotatable bonds is 4. The summed E-state index contributed by atoms with van der Waals surface area (Å²) in [6, 6.07) is 12.0. The number of aromatic nitrogens is 2. The zero-order valence-corrected chi connectivity index (χ0v) is 17.0. The fourth-order valence-electron chi connectivity index (χ4n) is 3.62. The summed E-state index contributed by atoms with van der Waals surface area (Å²) >= 11 is 6.50. The minimum atomic E-state index is -0.436. The molecule has 1 aliphatic carbocycles. The number of hydrogen-bond acceptors (Lipinski definition) is 3. The van der Waals surface area contributed by atoms with Crippen LogP contribution in [0.15, 0.2) is 42.5 Å². The summed E-state index contributed by atoms with van der Waals surface area (Å²) in [6.45, 7) is 4.02. The van der Waals surface area contributed by atoms with Crippen molar-refractivity contribution in [3.63, 3.8) is 0 Å². The Morgan fingerprint density at radius 1 is 1.24 bits per heavy atom. The van der Waals surface area contributed by atoms with Crippen molar-refractivity contribution in [3.05, 3.63) is 81.4 Å². The van der Waals surface area contributed by atoms with Crippen molar-refractivity contribution in [3.8, 4) is 5.69 Å². The number of carbonyl (C=O) groups is 1. The first kappa shape index (κ1) is 19.4. The molecular weight excluding hydrogens is 391 g/mol. The van der Waals surface area contributed by atoms with Crippen LogP contribution in [0.2, 0.25) is 5.02 Å². The Morgan fingerprint density at radius 2 is 2.00 bits per heavy atom. The highest BCUT2D eigenvalue weighted by molar-refractivity contribution is 6.32. The molecule has 0 unspecified atom stereocenters. The Hall–Kier alpha value is -2.92. The van der Waals surface area contributed by atoms with Gasteiger partial charge in [-0.3, -0.25) is 0 Å². The lowest BCUT2D eigenvalue weighted by Crippen LogP contribution is -2.09. The van der Waals surface area contributed by atoms with Crippen molar-refractivity contribution in [2.75, 3.05) is 6.61 Å². The minimum absolute atomic E-state index is 0.277. The number of allylic oxidation sites excluding steroid dienone is 1. The van der Waals surface area contributed by atoms with Crippen LogP contribution < -0.4 is 0 Å². The molecule has 0 spiro atoms. The summed E-state index contributed by atoms with van der Waals surface area (Å²) in [7, 11) is 0. The number of benzene rings is 2. The van der Waals surface area contributed by atoms with E-state index >= 15 is 0 Å². The van der Waals surface area contributed by atoms with E-state index in [4.69, 9.17) is 16.3 Å². The Balaban J connectivity index is 1.89. The van der Waals surface area contributed by atoms with Crippen molar-refractivity contribution >= 4 is 29.2 Å². The molecule has 0 saturated heterocycles. The summed E-state index contributed by atoms with van der Waals surface area (Å²) in [5.41, 5.74) is 5.67. The Morgan fingerprint density at radius 3 is 2.69 bits per heavy atom. The molecule has 1 aliphatic rings. The lowest BCUT2D eigenvalue weighted by Gasteiger charge is -2.10. The number of hydrogen-bond donors (Lipinski definition) is 0. The molecule has 0 bridgehead atoms. The van der Waals surface area contributed by atoms with Gasteiger partial charge in [0.25, 0.3) is 0 Å². The zero-order chi connectivity index (χ0) is 20.5. The third-order valence-electron chi connectivity index (χ3n) is 4.94. The highest BCUT2D eigenvalue weighted by atomic mass is 35.5. The molecule has 0 aliphatic heterocycles. The second kappa shape index (κ2) is 7.84. The van der Waals surface area contributed by atoms with E-state index in [0.29, 0.717) is 22.8 Å². The van der Waals surface area contributed by atoms with E-state index in [1.165, 1.54) is 12.1 Å². The van der Waals surface area contributed by atoms with Crippen LogP contribution in [-0.4, -0.2) is 22.4 Å². The van der Waals surface area contributed by atoms with Gasteiger partial charge in [-0.2, -0.15) is 5.10 Å². The number of nitrogens with zero attached hydrogens (tertiary/aromatic N) is 2. The molecule has 4 nitrogen and oxygen atoms in total. The summed E-state index contributed by atoms with van der Waals surface area (Å²) in [5.74, 6) is -0.714. The molecule has 1 aromatic heterocycles. The van der Waals surface area contributed by atoms with E-state index < -0.39 is 5.97 Å². The molecule has 3 aromatic rings. The fraction of sp³-hybridized carbons (Fsp3) is 0.217. The maximum absolute atomic E-state index is 13.3. The van der Waals surface area contributed by atoms with Gasteiger partial charge in [0.15, 0.2) is 5.69 Å². The van der Waals surface area contributed by atoms with Gasteiger partial charge < -0.3 is 4.74 Å². The van der Waals surface area contributed by atoms with Crippen LogP contribution in [0.25, 0.3) is 17.3 Å². The van der Waals surface area contributed by atoms with Crippen molar-refractivity contribution in [1.29, 1.82) is 0 Å². The number of aryl methyl sites for hydroxylation is 1. The first-order valence-electron chi connectivity index (χ1n) is 9.50.